The van der Waals surface area contributed by atoms with Gasteiger partial charge in [-0.25, -0.2) is 0 Å². The van der Waals surface area contributed by atoms with Gasteiger partial charge in [-0.05, 0) is 39.7 Å². The second-order valence-electron chi connectivity index (χ2n) is 5.77. The quantitative estimate of drug-likeness (QED) is 0.450. The highest BCUT2D eigenvalue weighted by atomic mass is 28.4. The van der Waals surface area contributed by atoms with Crippen LogP contribution in [0.15, 0.2) is 0 Å². The SMILES string of the molecule is CCO[Si](CCCN)(OCC)OCC.CO[Si](CC(C)C)(OC)OC. The van der Waals surface area contributed by atoms with Gasteiger partial charge in [0, 0.05) is 53.2 Å². The fraction of sp³-hybridized carbons (Fsp3) is 1.00. The minimum atomic E-state index is -2.40. The van der Waals surface area contributed by atoms with Crippen molar-refractivity contribution in [3.05, 3.63) is 0 Å². The van der Waals surface area contributed by atoms with Crippen LogP contribution in [0.25, 0.3) is 0 Å². The van der Waals surface area contributed by atoms with Gasteiger partial charge in [0.25, 0.3) is 0 Å². The molecule has 0 aromatic carbocycles. The molecule has 25 heavy (non-hydrogen) atoms. The Morgan fingerprint density at radius 1 is 0.760 bits per heavy atom. The molecule has 0 heterocycles. The van der Waals surface area contributed by atoms with Gasteiger partial charge >= 0.3 is 17.6 Å². The van der Waals surface area contributed by atoms with Crippen molar-refractivity contribution < 1.29 is 26.6 Å². The Kier molecular flexibility index (Phi) is 17.9. The third kappa shape index (κ3) is 12.2. The molecule has 0 aliphatic heterocycles. The average molecular weight is 400 g/mol. The lowest BCUT2D eigenvalue weighted by Crippen LogP contribution is -2.46. The molecule has 0 rings (SSSR count). The standard InChI is InChI=1S/C9H23NO3Si.C7H18O3Si/c1-4-11-14(12-5-2,13-6-3)9-7-8-10;1-7(2)6-11(8-3,9-4)10-5/h4-10H2,1-3H3;7H,6H2,1-5H3. The van der Waals surface area contributed by atoms with Crippen molar-refractivity contribution in [1.29, 1.82) is 0 Å². The second-order valence-corrected chi connectivity index (χ2v) is 11.5. The van der Waals surface area contributed by atoms with E-state index in [0.29, 0.717) is 32.3 Å². The van der Waals surface area contributed by atoms with E-state index in [4.69, 9.17) is 32.3 Å². The molecular weight excluding hydrogens is 358 g/mol. The first-order valence-electron chi connectivity index (χ1n) is 9.12. The molecule has 0 atom stereocenters. The summed E-state index contributed by atoms with van der Waals surface area (Å²) in [6.45, 7) is 12.7. The van der Waals surface area contributed by atoms with Gasteiger partial charge < -0.3 is 32.3 Å². The van der Waals surface area contributed by atoms with Crippen molar-refractivity contribution in [2.75, 3.05) is 47.7 Å². The fourth-order valence-corrected chi connectivity index (χ4v) is 6.96. The Morgan fingerprint density at radius 3 is 1.36 bits per heavy atom. The summed E-state index contributed by atoms with van der Waals surface area (Å²) < 4.78 is 32.7. The summed E-state index contributed by atoms with van der Waals surface area (Å²) in [7, 11) is 0.244. The largest absolute Gasteiger partial charge is 0.500 e. The predicted molar refractivity (Wildman–Crippen MR) is 106 cm³/mol. The molecule has 0 radical (unpaired) electrons. The van der Waals surface area contributed by atoms with Crippen molar-refractivity contribution in [2.45, 2.75) is 53.1 Å². The Balaban J connectivity index is 0. The van der Waals surface area contributed by atoms with Crippen molar-refractivity contribution in [2.24, 2.45) is 11.7 Å². The summed E-state index contributed by atoms with van der Waals surface area (Å²) in [5, 5.41) is 0. The third-order valence-corrected chi connectivity index (χ3v) is 9.71. The molecule has 0 bridgehead atoms. The molecule has 0 fully saturated rings. The van der Waals surface area contributed by atoms with Gasteiger partial charge in [0.15, 0.2) is 0 Å². The topological polar surface area (TPSA) is 81.4 Å². The Bertz CT molecular complexity index is 269. The summed E-state index contributed by atoms with van der Waals surface area (Å²) >= 11 is 0. The number of hydrogen-bond donors (Lipinski definition) is 1. The monoisotopic (exact) mass is 399 g/mol. The van der Waals surface area contributed by atoms with Crippen LogP contribution in [0, 0.1) is 5.92 Å². The van der Waals surface area contributed by atoms with E-state index in [1.165, 1.54) is 0 Å². The van der Waals surface area contributed by atoms with Crippen molar-refractivity contribution >= 4 is 17.6 Å². The lowest BCUT2D eigenvalue weighted by molar-refractivity contribution is 0.0710. The molecule has 0 saturated heterocycles. The van der Waals surface area contributed by atoms with Crippen LogP contribution in [0.1, 0.15) is 41.0 Å². The van der Waals surface area contributed by atoms with Crippen molar-refractivity contribution in [3.8, 4) is 0 Å². The summed E-state index contributed by atoms with van der Waals surface area (Å²) in [5.74, 6) is 0.543. The van der Waals surface area contributed by atoms with E-state index in [-0.39, 0.29) is 0 Å². The van der Waals surface area contributed by atoms with E-state index in [9.17, 15) is 0 Å². The van der Waals surface area contributed by atoms with Crippen LogP contribution in [-0.2, 0) is 26.6 Å². The van der Waals surface area contributed by atoms with Gasteiger partial charge in [-0.3, -0.25) is 0 Å². The lowest BCUT2D eigenvalue weighted by Gasteiger charge is -2.28. The molecule has 0 amide bonds. The first-order valence-corrected chi connectivity index (χ1v) is 13.0. The van der Waals surface area contributed by atoms with Crippen LogP contribution in [0.4, 0.5) is 0 Å². The van der Waals surface area contributed by atoms with Gasteiger partial charge in [0.05, 0.1) is 0 Å². The second kappa shape index (κ2) is 16.3. The Morgan fingerprint density at radius 2 is 1.16 bits per heavy atom. The number of rotatable bonds is 14. The Labute approximate surface area is 157 Å². The smallest absolute Gasteiger partial charge is 0.377 e. The average Bonchev–Trinajstić information content (AvgIpc) is 2.59. The van der Waals surface area contributed by atoms with E-state index in [1.807, 2.05) is 20.8 Å². The molecular formula is C16H41NO6Si2. The van der Waals surface area contributed by atoms with Crippen molar-refractivity contribution in [3.63, 3.8) is 0 Å². The highest BCUT2D eigenvalue weighted by molar-refractivity contribution is 6.61. The predicted octanol–water partition coefficient (Wildman–Crippen LogP) is 2.90. The number of nitrogens with two attached hydrogens (primary N) is 1. The molecule has 0 unspecified atom stereocenters. The molecule has 0 aromatic rings. The maximum atomic E-state index is 5.65. The van der Waals surface area contributed by atoms with E-state index >= 15 is 0 Å². The minimum Gasteiger partial charge on any atom is -0.377 e. The molecule has 0 spiro atoms. The van der Waals surface area contributed by atoms with Crippen LogP contribution in [0.5, 0.6) is 0 Å². The third-order valence-electron chi connectivity index (χ3n) is 3.37. The zero-order chi connectivity index (χ0) is 19.8. The van der Waals surface area contributed by atoms with Gasteiger partial charge in [0.2, 0.25) is 0 Å². The fourth-order valence-electron chi connectivity index (χ4n) is 2.32. The van der Waals surface area contributed by atoms with Crippen LogP contribution >= 0.6 is 0 Å². The highest BCUT2D eigenvalue weighted by Crippen LogP contribution is 2.18. The molecule has 2 N–H and O–H groups in total. The Hall–Kier alpha value is 0.154. The van der Waals surface area contributed by atoms with Crippen LogP contribution in [0.2, 0.25) is 12.1 Å². The van der Waals surface area contributed by atoms with Crippen LogP contribution in [-0.4, -0.2) is 65.3 Å². The first kappa shape index (κ1) is 27.4. The van der Waals surface area contributed by atoms with Gasteiger partial charge in [0.1, 0.15) is 0 Å². The van der Waals surface area contributed by atoms with Crippen LogP contribution < -0.4 is 5.73 Å². The summed E-state index contributed by atoms with van der Waals surface area (Å²) in [6.07, 6.45) is 0.895. The molecule has 0 aliphatic rings. The van der Waals surface area contributed by atoms with E-state index < -0.39 is 17.6 Å². The maximum Gasteiger partial charge on any atom is 0.500 e. The van der Waals surface area contributed by atoms with E-state index in [1.54, 1.807) is 21.3 Å². The van der Waals surface area contributed by atoms with Gasteiger partial charge in [-0.15, -0.1) is 0 Å². The van der Waals surface area contributed by atoms with E-state index in [0.717, 1.165) is 18.5 Å². The zero-order valence-electron chi connectivity index (χ0n) is 17.6. The molecule has 7 nitrogen and oxygen atoms in total. The van der Waals surface area contributed by atoms with Crippen LogP contribution in [0.3, 0.4) is 0 Å². The van der Waals surface area contributed by atoms with Gasteiger partial charge in [-0.1, -0.05) is 13.8 Å². The molecule has 9 heteroatoms. The molecule has 0 aliphatic carbocycles. The number of hydrogen-bond acceptors (Lipinski definition) is 7. The molecule has 154 valence electrons. The van der Waals surface area contributed by atoms with Crippen molar-refractivity contribution in [1.82, 2.24) is 0 Å². The minimum absolute atomic E-state index is 0.543. The highest BCUT2D eigenvalue weighted by Gasteiger charge is 2.39. The molecule has 0 aromatic heterocycles. The summed E-state index contributed by atoms with van der Waals surface area (Å²) in [6, 6.07) is 1.69. The lowest BCUT2D eigenvalue weighted by atomic mass is 10.3. The van der Waals surface area contributed by atoms with E-state index in [2.05, 4.69) is 13.8 Å². The first-order chi connectivity index (χ1) is 11.8. The maximum absolute atomic E-state index is 5.65. The molecule has 0 saturated carbocycles. The summed E-state index contributed by atoms with van der Waals surface area (Å²) in [4.78, 5) is 0. The normalized spacial score (nSPS) is 12.2. The zero-order valence-corrected chi connectivity index (χ0v) is 19.6. The summed E-state index contributed by atoms with van der Waals surface area (Å²) in [5.41, 5.74) is 5.48. The van der Waals surface area contributed by atoms with Gasteiger partial charge in [-0.2, -0.15) is 0 Å².